The van der Waals surface area contributed by atoms with Crippen molar-refractivity contribution in [3.63, 3.8) is 0 Å². The highest BCUT2D eigenvalue weighted by Crippen LogP contribution is 1.91. The molecule has 0 aliphatic rings. The lowest BCUT2D eigenvalue weighted by atomic mass is 10.2. The monoisotopic (exact) mass is 126 g/mol. The average Bonchev–Trinajstić information content (AvgIpc) is 1.91. The fraction of sp³-hybridized carbons (Fsp3) is 0.750. The molecule has 0 heterocycles. The van der Waals surface area contributed by atoms with Gasteiger partial charge in [-0.2, -0.15) is 0 Å². The molecule has 0 rings (SSSR count). The molecule has 0 saturated heterocycles. The van der Waals surface area contributed by atoms with Crippen LogP contribution in [0.1, 0.15) is 33.1 Å². The number of hydrogen-bond donors (Lipinski definition) is 0. The molecule has 1 nitrogen and oxygen atoms in total. The molecule has 0 aromatic carbocycles. The molecule has 1 radical (unpaired) electrons. The molecule has 0 spiro atoms. The van der Waals surface area contributed by atoms with E-state index in [2.05, 4.69) is 25.8 Å². The molecule has 0 aliphatic carbocycles. The summed E-state index contributed by atoms with van der Waals surface area (Å²) in [6, 6.07) is 0. The van der Waals surface area contributed by atoms with E-state index in [4.69, 9.17) is 0 Å². The van der Waals surface area contributed by atoms with Crippen molar-refractivity contribution in [1.29, 1.82) is 0 Å². The lowest BCUT2D eigenvalue weighted by Gasteiger charge is -1.96. The normalized spacial score (nSPS) is 12.1. The first-order valence-electron chi connectivity index (χ1n) is 3.66. The summed E-state index contributed by atoms with van der Waals surface area (Å²) in [6.07, 6.45) is 3.07. The molecule has 0 unspecified atom stereocenters. The van der Waals surface area contributed by atoms with E-state index < -0.39 is 0 Å². The maximum Gasteiger partial charge on any atom is 0.0386 e. The zero-order valence-electron chi connectivity index (χ0n) is 6.48. The van der Waals surface area contributed by atoms with Crippen molar-refractivity contribution in [2.45, 2.75) is 33.1 Å². The van der Waals surface area contributed by atoms with Crippen LogP contribution in [0.4, 0.5) is 0 Å². The third-order valence-corrected chi connectivity index (χ3v) is 1.26. The van der Waals surface area contributed by atoms with Gasteiger partial charge in [0.1, 0.15) is 0 Å². The third kappa shape index (κ3) is 4.19. The number of hydrogen-bond acceptors (Lipinski definition) is 1. The zero-order valence-corrected chi connectivity index (χ0v) is 6.48. The highest BCUT2D eigenvalue weighted by molar-refractivity contribution is 5.84. The van der Waals surface area contributed by atoms with Gasteiger partial charge in [-0.1, -0.05) is 13.8 Å². The summed E-state index contributed by atoms with van der Waals surface area (Å²) in [6.45, 7) is 9.01. The maximum atomic E-state index is 4.33. The molecular formula is C8H16N. The van der Waals surface area contributed by atoms with E-state index >= 15 is 0 Å². The topological polar surface area (TPSA) is 12.4 Å². The third-order valence-electron chi connectivity index (χ3n) is 1.26. The molecule has 0 aromatic heterocycles. The number of nitrogens with zero attached hydrogens (tertiary/aromatic N) is 1. The van der Waals surface area contributed by atoms with E-state index in [1.54, 1.807) is 0 Å². The van der Waals surface area contributed by atoms with Crippen molar-refractivity contribution < 1.29 is 0 Å². The second-order valence-electron chi connectivity index (χ2n) is 2.05. The van der Waals surface area contributed by atoms with Crippen LogP contribution in [-0.4, -0.2) is 12.3 Å². The second kappa shape index (κ2) is 5.80. The molecule has 0 atom stereocenters. The van der Waals surface area contributed by atoms with Gasteiger partial charge in [-0.25, -0.2) is 0 Å². The second-order valence-corrected chi connectivity index (χ2v) is 2.05. The van der Waals surface area contributed by atoms with Crippen LogP contribution in [0.15, 0.2) is 4.99 Å². The minimum Gasteiger partial charge on any atom is -0.294 e. The highest BCUT2D eigenvalue weighted by atomic mass is 14.7. The van der Waals surface area contributed by atoms with Crippen LogP contribution < -0.4 is 0 Å². The molecule has 53 valence electrons. The summed E-state index contributed by atoms with van der Waals surface area (Å²) in [5.41, 5.74) is 1.25. The summed E-state index contributed by atoms with van der Waals surface area (Å²) in [7, 11) is 0. The number of rotatable bonds is 4. The molecule has 0 aliphatic heterocycles. The van der Waals surface area contributed by atoms with E-state index in [1.165, 1.54) is 5.71 Å². The smallest absolute Gasteiger partial charge is 0.0386 e. The Morgan fingerprint density at radius 3 is 2.44 bits per heavy atom. The van der Waals surface area contributed by atoms with Gasteiger partial charge in [-0.15, -0.1) is 0 Å². The van der Waals surface area contributed by atoms with Crippen LogP contribution >= 0.6 is 0 Å². The van der Waals surface area contributed by atoms with Gasteiger partial charge in [0, 0.05) is 12.3 Å². The SMILES string of the molecule is [CH2]CC(CC)=NCCC. The molecule has 0 aromatic rings. The zero-order chi connectivity index (χ0) is 7.11. The lowest BCUT2D eigenvalue weighted by Crippen LogP contribution is -1.94. The van der Waals surface area contributed by atoms with Crippen LogP contribution in [0.2, 0.25) is 0 Å². The highest BCUT2D eigenvalue weighted by Gasteiger charge is 1.87. The predicted molar refractivity (Wildman–Crippen MR) is 42.9 cm³/mol. The van der Waals surface area contributed by atoms with Crippen molar-refractivity contribution >= 4 is 5.71 Å². The van der Waals surface area contributed by atoms with Gasteiger partial charge >= 0.3 is 0 Å². The Hall–Kier alpha value is -0.330. The Bertz CT molecular complexity index is 78.6. The number of aliphatic imine (C=N–C) groups is 1. The van der Waals surface area contributed by atoms with E-state index in [0.29, 0.717) is 0 Å². The minimum absolute atomic E-state index is 0.872. The molecule has 0 amide bonds. The Kier molecular flexibility index (Phi) is 5.59. The van der Waals surface area contributed by atoms with Crippen molar-refractivity contribution in [1.82, 2.24) is 0 Å². The van der Waals surface area contributed by atoms with Crippen molar-refractivity contribution in [2.75, 3.05) is 6.54 Å². The molecule has 0 fully saturated rings. The van der Waals surface area contributed by atoms with Gasteiger partial charge in [0.2, 0.25) is 0 Å². The van der Waals surface area contributed by atoms with Crippen LogP contribution in [0.3, 0.4) is 0 Å². The quantitative estimate of drug-likeness (QED) is 0.513. The molecule has 0 N–H and O–H groups in total. The summed E-state index contributed by atoms with van der Waals surface area (Å²) >= 11 is 0. The Balaban J connectivity index is 3.48. The molecule has 0 saturated carbocycles. The molecule has 9 heavy (non-hydrogen) atoms. The fourth-order valence-electron chi connectivity index (χ4n) is 0.638. The molecule has 0 bridgehead atoms. The summed E-state index contributed by atoms with van der Waals surface area (Å²) in [4.78, 5) is 4.33. The first kappa shape index (κ1) is 8.67. The van der Waals surface area contributed by atoms with Crippen LogP contribution in [-0.2, 0) is 0 Å². The first-order chi connectivity index (χ1) is 4.35. The minimum atomic E-state index is 0.872. The van der Waals surface area contributed by atoms with Gasteiger partial charge in [-0.05, 0) is 26.2 Å². The largest absolute Gasteiger partial charge is 0.294 e. The van der Waals surface area contributed by atoms with Crippen molar-refractivity contribution in [3.05, 3.63) is 6.92 Å². The molecule has 1 heteroatoms. The van der Waals surface area contributed by atoms with E-state index in [1.807, 2.05) is 0 Å². The lowest BCUT2D eigenvalue weighted by molar-refractivity contribution is 0.920. The maximum absolute atomic E-state index is 4.33. The summed E-state index contributed by atoms with van der Waals surface area (Å²) in [5, 5.41) is 0. The predicted octanol–water partition coefficient (Wildman–Crippen LogP) is 2.47. The van der Waals surface area contributed by atoms with Crippen LogP contribution in [0.25, 0.3) is 0 Å². The average molecular weight is 126 g/mol. The summed E-state index contributed by atoms with van der Waals surface area (Å²) < 4.78 is 0. The van der Waals surface area contributed by atoms with Gasteiger partial charge in [0.05, 0.1) is 0 Å². The fourth-order valence-corrected chi connectivity index (χ4v) is 0.638. The van der Waals surface area contributed by atoms with Gasteiger partial charge in [-0.3, -0.25) is 4.99 Å². The van der Waals surface area contributed by atoms with Crippen LogP contribution in [0.5, 0.6) is 0 Å². The van der Waals surface area contributed by atoms with E-state index in [9.17, 15) is 0 Å². The Labute approximate surface area is 58.2 Å². The van der Waals surface area contributed by atoms with Crippen molar-refractivity contribution in [3.8, 4) is 0 Å². The van der Waals surface area contributed by atoms with Gasteiger partial charge in [0.15, 0.2) is 0 Å². The van der Waals surface area contributed by atoms with Gasteiger partial charge in [0.25, 0.3) is 0 Å². The standard InChI is InChI=1S/C8H16N/c1-4-7-9-8(5-2)6-3/h2,4-7H2,1,3H3. The molecular weight excluding hydrogens is 110 g/mol. The Morgan fingerprint density at radius 1 is 1.44 bits per heavy atom. The summed E-state index contributed by atoms with van der Waals surface area (Å²) in [5.74, 6) is 0. The van der Waals surface area contributed by atoms with Crippen LogP contribution in [0, 0.1) is 6.92 Å². The van der Waals surface area contributed by atoms with Gasteiger partial charge < -0.3 is 0 Å². The van der Waals surface area contributed by atoms with E-state index in [-0.39, 0.29) is 0 Å². The Morgan fingerprint density at radius 2 is 2.11 bits per heavy atom. The first-order valence-corrected chi connectivity index (χ1v) is 3.66. The van der Waals surface area contributed by atoms with Crippen molar-refractivity contribution in [2.24, 2.45) is 4.99 Å². The van der Waals surface area contributed by atoms with E-state index in [0.717, 1.165) is 25.8 Å².